The Bertz CT molecular complexity index is 431. The standard InChI is InChI=1S/C11H11BrF3NO/c1-7-5-8(3-4-9(7)12)10(17)16(2)6-11(13,14)15/h3-5H,6H2,1-2H3. The van der Waals surface area contributed by atoms with Crippen LogP contribution in [0.4, 0.5) is 13.2 Å². The minimum atomic E-state index is -4.38. The maximum Gasteiger partial charge on any atom is 0.406 e. The molecular formula is C11H11BrF3NO. The van der Waals surface area contributed by atoms with Crippen LogP contribution in [-0.4, -0.2) is 30.6 Å². The highest BCUT2D eigenvalue weighted by Gasteiger charge is 2.31. The van der Waals surface area contributed by atoms with Crippen molar-refractivity contribution in [2.24, 2.45) is 0 Å². The van der Waals surface area contributed by atoms with Gasteiger partial charge in [-0.05, 0) is 30.7 Å². The average molecular weight is 310 g/mol. The van der Waals surface area contributed by atoms with Gasteiger partial charge in [-0.1, -0.05) is 15.9 Å². The molecule has 0 heterocycles. The van der Waals surface area contributed by atoms with E-state index in [1.165, 1.54) is 6.07 Å². The van der Waals surface area contributed by atoms with Crippen LogP contribution in [0.3, 0.4) is 0 Å². The van der Waals surface area contributed by atoms with Gasteiger partial charge in [0.2, 0.25) is 0 Å². The second kappa shape index (κ2) is 5.08. The van der Waals surface area contributed by atoms with Crippen molar-refractivity contribution in [2.75, 3.05) is 13.6 Å². The van der Waals surface area contributed by atoms with Gasteiger partial charge in [-0.2, -0.15) is 13.2 Å². The maximum atomic E-state index is 12.1. The van der Waals surface area contributed by atoms with Crippen molar-refractivity contribution >= 4 is 21.8 Å². The van der Waals surface area contributed by atoms with Crippen LogP contribution in [0.25, 0.3) is 0 Å². The second-order valence-electron chi connectivity index (χ2n) is 3.74. The topological polar surface area (TPSA) is 20.3 Å². The molecule has 2 nitrogen and oxygen atoms in total. The largest absolute Gasteiger partial charge is 0.406 e. The minimum absolute atomic E-state index is 0.248. The summed E-state index contributed by atoms with van der Waals surface area (Å²) >= 11 is 3.26. The summed E-state index contributed by atoms with van der Waals surface area (Å²) in [6, 6.07) is 4.69. The molecule has 0 spiro atoms. The summed E-state index contributed by atoms with van der Waals surface area (Å²) in [7, 11) is 1.13. The molecule has 1 aromatic rings. The van der Waals surface area contributed by atoms with Crippen LogP contribution < -0.4 is 0 Å². The lowest BCUT2D eigenvalue weighted by molar-refractivity contribution is -0.138. The zero-order valence-corrected chi connectivity index (χ0v) is 10.9. The Morgan fingerprint density at radius 1 is 1.41 bits per heavy atom. The molecular weight excluding hydrogens is 299 g/mol. The van der Waals surface area contributed by atoms with Gasteiger partial charge < -0.3 is 4.90 Å². The van der Waals surface area contributed by atoms with Gasteiger partial charge in [0.15, 0.2) is 0 Å². The number of carbonyl (C=O) groups excluding carboxylic acids is 1. The molecule has 6 heteroatoms. The van der Waals surface area contributed by atoms with Crippen LogP contribution in [0.1, 0.15) is 15.9 Å². The Morgan fingerprint density at radius 2 is 2.00 bits per heavy atom. The van der Waals surface area contributed by atoms with Crippen molar-refractivity contribution in [1.29, 1.82) is 0 Å². The molecule has 0 aliphatic carbocycles. The molecule has 1 aromatic carbocycles. The van der Waals surface area contributed by atoms with Gasteiger partial charge in [-0.25, -0.2) is 0 Å². The highest BCUT2D eigenvalue weighted by atomic mass is 79.9. The van der Waals surface area contributed by atoms with Crippen LogP contribution >= 0.6 is 15.9 Å². The zero-order chi connectivity index (χ0) is 13.2. The van der Waals surface area contributed by atoms with Gasteiger partial charge in [-0.3, -0.25) is 4.79 Å². The van der Waals surface area contributed by atoms with E-state index in [1.54, 1.807) is 19.1 Å². The molecule has 17 heavy (non-hydrogen) atoms. The highest BCUT2D eigenvalue weighted by Crippen LogP contribution is 2.20. The summed E-state index contributed by atoms with van der Waals surface area (Å²) in [5.41, 5.74) is 1.05. The quantitative estimate of drug-likeness (QED) is 0.820. The third-order valence-corrected chi connectivity index (χ3v) is 3.06. The Balaban J connectivity index is 2.85. The second-order valence-corrected chi connectivity index (χ2v) is 4.59. The monoisotopic (exact) mass is 309 g/mol. The van der Waals surface area contributed by atoms with Gasteiger partial charge in [0.1, 0.15) is 6.54 Å². The first-order valence-corrected chi connectivity index (χ1v) is 5.58. The van der Waals surface area contributed by atoms with Crippen LogP contribution in [0.2, 0.25) is 0 Å². The summed E-state index contributed by atoms with van der Waals surface area (Å²) in [4.78, 5) is 12.4. The van der Waals surface area contributed by atoms with Gasteiger partial charge in [0.25, 0.3) is 5.91 Å². The predicted molar refractivity (Wildman–Crippen MR) is 61.9 cm³/mol. The molecule has 1 rings (SSSR count). The molecule has 0 N–H and O–H groups in total. The van der Waals surface area contributed by atoms with E-state index in [1.807, 2.05) is 0 Å². The van der Waals surface area contributed by atoms with Crippen molar-refractivity contribution in [2.45, 2.75) is 13.1 Å². The van der Waals surface area contributed by atoms with E-state index in [0.29, 0.717) is 4.90 Å². The van der Waals surface area contributed by atoms with E-state index < -0.39 is 18.6 Å². The molecule has 0 fully saturated rings. The lowest BCUT2D eigenvalue weighted by Crippen LogP contribution is -2.35. The lowest BCUT2D eigenvalue weighted by Gasteiger charge is -2.19. The SMILES string of the molecule is Cc1cc(C(=O)N(C)CC(F)(F)F)ccc1Br. The fourth-order valence-corrected chi connectivity index (χ4v) is 1.59. The van der Waals surface area contributed by atoms with E-state index in [9.17, 15) is 18.0 Å². The molecule has 0 atom stereocenters. The Labute approximate surface area is 106 Å². The van der Waals surface area contributed by atoms with Crippen molar-refractivity contribution in [3.05, 3.63) is 33.8 Å². The molecule has 0 saturated carbocycles. The molecule has 0 unspecified atom stereocenters. The van der Waals surface area contributed by atoms with E-state index >= 15 is 0 Å². The molecule has 0 aliphatic rings. The molecule has 0 aliphatic heterocycles. The van der Waals surface area contributed by atoms with E-state index in [0.717, 1.165) is 17.1 Å². The normalized spacial score (nSPS) is 11.4. The number of amides is 1. The number of hydrogen-bond donors (Lipinski definition) is 0. The fraction of sp³-hybridized carbons (Fsp3) is 0.364. The lowest BCUT2D eigenvalue weighted by atomic mass is 10.1. The maximum absolute atomic E-state index is 12.1. The van der Waals surface area contributed by atoms with E-state index in [2.05, 4.69) is 15.9 Å². The number of aryl methyl sites for hydroxylation is 1. The van der Waals surface area contributed by atoms with Gasteiger partial charge in [0, 0.05) is 17.1 Å². The van der Waals surface area contributed by atoms with Crippen molar-refractivity contribution in [3.63, 3.8) is 0 Å². The Hall–Kier alpha value is -1.04. The summed E-state index contributed by atoms with van der Waals surface area (Å²) in [5, 5.41) is 0. The van der Waals surface area contributed by atoms with Crippen LogP contribution in [0.15, 0.2) is 22.7 Å². The summed E-state index contributed by atoms with van der Waals surface area (Å²) < 4.78 is 37.2. The number of halogens is 4. The molecule has 0 saturated heterocycles. The predicted octanol–water partition coefficient (Wildman–Crippen LogP) is 3.39. The molecule has 94 valence electrons. The Kier molecular flexibility index (Phi) is 4.19. The van der Waals surface area contributed by atoms with Crippen molar-refractivity contribution in [3.8, 4) is 0 Å². The van der Waals surface area contributed by atoms with Crippen LogP contribution in [-0.2, 0) is 0 Å². The highest BCUT2D eigenvalue weighted by molar-refractivity contribution is 9.10. The number of hydrogen-bond acceptors (Lipinski definition) is 1. The molecule has 1 amide bonds. The molecule has 0 aromatic heterocycles. The molecule has 0 radical (unpaired) electrons. The van der Waals surface area contributed by atoms with Gasteiger partial charge in [0.05, 0.1) is 0 Å². The first kappa shape index (κ1) is 14.0. The number of benzene rings is 1. The van der Waals surface area contributed by atoms with Gasteiger partial charge >= 0.3 is 6.18 Å². The first-order chi connectivity index (χ1) is 7.70. The zero-order valence-electron chi connectivity index (χ0n) is 9.31. The average Bonchev–Trinajstić information content (AvgIpc) is 2.18. The summed E-state index contributed by atoms with van der Waals surface area (Å²) in [6.45, 7) is 0.519. The number of rotatable bonds is 2. The van der Waals surface area contributed by atoms with Crippen molar-refractivity contribution < 1.29 is 18.0 Å². The van der Waals surface area contributed by atoms with Crippen LogP contribution in [0.5, 0.6) is 0 Å². The van der Waals surface area contributed by atoms with Crippen molar-refractivity contribution in [1.82, 2.24) is 4.90 Å². The van der Waals surface area contributed by atoms with Gasteiger partial charge in [-0.15, -0.1) is 0 Å². The summed E-state index contributed by atoms with van der Waals surface area (Å²) in [6.07, 6.45) is -4.38. The van der Waals surface area contributed by atoms with Crippen LogP contribution in [0, 0.1) is 6.92 Å². The Morgan fingerprint density at radius 3 is 2.47 bits per heavy atom. The number of alkyl halides is 3. The third kappa shape index (κ3) is 4.03. The third-order valence-electron chi connectivity index (χ3n) is 2.17. The minimum Gasteiger partial charge on any atom is -0.333 e. The number of carbonyl (C=O) groups is 1. The summed E-state index contributed by atoms with van der Waals surface area (Å²) in [5.74, 6) is -0.641. The molecule has 0 bridgehead atoms. The smallest absolute Gasteiger partial charge is 0.333 e. The van der Waals surface area contributed by atoms with E-state index in [-0.39, 0.29) is 5.56 Å². The first-order valence-electron chi connectivity index (χ1n) is 4.79. The fourth-order valence-electron chi connectivity index (χ4n) is 1.34. The van der Waals surface area contributed by atoms with E-state index in [4.69, 9.17) is 0 Å². The number of nitrogens with zero attached hydrogens (tertiary/aromatic N) is 1.